The van der Waals surface area contributed by atoms with E-state index in [1.807, 2.05) is 6.07 Å². The topological polar surface area (TPSA) is 43.8 Å². The molecule has 0 aromatic heterocycles. The molecule has 1 unspecified atom stereocenters. The van der Waals surface area contributed by atoms with Crippen LogP contribution in [0.1, 0.15) is 20.8 Å². The lowest BCUT2D eigenvalue weighted by Gasteiger charge is -2.46. The molecule has 1 atom stereocenters. The Morgan fingerprint density at radius 2 is 1.78 bits per heavy atom. The van der Waals surface area contributed by atoms with Crippen LogP contribution >= 0.6 is 0 Å². The third-order valence-electron chi connectivity index (χ3n) is 4.73. The number of carboxylic acid groups (broad SMARTS) is 1. The van der Waals surface area contributed by atoms with Crippen molar-refractivity contribution in [1.82, 2.24) is 4.90 Å². The maximum Gasteiger partial charge on any atom is 0.407 e. The summed E-state index contributed by atoms with van der Waals surface area (Å²) in [6.07, 6.45) is -0.817. The van der Waals surface area contributed by atoms with Crippen LogP contribution in [0.4, 0.5) is 10.5 Å². The number of fused-ring (bicyclic) bond motifs is 1. The predicted molar refractivity (Wildman–Crippen MR) is 94.1 cm³/mol. The molecular weight excluding hydrogens is 288 g/mol. The fourth-order valence-corrected chi connectivity index (χ4v) is 3.46. The SMILES string of the molecule is CC(C)(C)C1CN(c2cccc3ccccc23)CCN1C(=O)O. The number of hydrogen-bond donors (Lipinski definition) is 1. The number of hydrogen-bond acceptors (Lipinski definition) is 2. The minimum Gasteiger partial charge on any atom is -0.465 e. The first-order valence-corrected chi connectivity index (χ1v) is 8.10. The van der Waals surface area contributed by atoms with Gasteiger partial charge in [0, 0.05) is 30.7 Å². The molecule has 0 spiro atoms. The number of anilines is 1. The van der Waals surface area contributed by atoms with Gasteiger partial charge >= 0.3 is 6.09 Å². The Bertz CT molecular complexity index is 715. The van der Waals surface area contributed by atoms with Gasteiger partial charge in [-0.3, -0.25) is 0 Å². The minimum atomic E-state index is -0.817. The fraction of sp³-hybridized carbons (Fsp3) is 0.421. The van der Waals surface area contributed by atoms with Crippen LogP contribution in [0.25, 0.3) is 10.8 Å². The third-order valence-corrected chi connectivity index (χ3v) is 4.73. The van der Waals surface area contributed by atoms with Gasteiger partial charge in [-0.2, -0.15) is 0 Å². The van der Waals surface area contributed by atoms with Gasteiger partial charge in [-0.05, 0) is 16.9 Å². The van der Waals surface area contributed by atoms with Crippen molar-refractivity contribution in [1.29, 1.82) is 0 Å². The van der Waals surface area contributed by atoms with Gasteiger partial charge in [0.1, 0.15) is 0 Å². The standard InChI is InChI=1S/C19H24N2O2/c1-19(2,3)17-13-20(11-12-21(17)18(22)23)16-10-6-8-14-7-4-5-9-15(14)16/h4-10,17H,11-13H2,1-3H3,(H,22,23). The van der Waals surface area contributed by atoms with Gasteiger partial charge in [-0.25, -0.2) is 4.79 Å². The van der Waals surface area contributed by atoms with Crippen LogP contribution in [-0.4, -0.2) is 41.8 Å². The van der Waals surface area contributed by atoms with E-state index in [0.717, 1.165) is 13.1 Å². The highest BCUT2D eigenvalue weighted by molar-refractivity contribution is 5.94. The molecule has 1 heterocycles. The van der Waals surface area contributed by atoms with Crippen LogP contribution in [0, 0.1) is 5.41 Å². The Labute approximate surface area is 137 Å². The average molecular weight is 312 g/mol. The molecule has 1 aliphatic heterocycles. The quantitative estimate of drug-likeness (QED) is 0.864. The average Bonchev–Trinajstić information content (AvgIpc) is 2.53. The first kappa shape index (κ1) is 15.7. The second-order valence-corrected chi connectivity index (χ2v) is 7.30. The van der Waals surface area contributed by atoms with E-state index < -0.39 is 6.09 Å². The predicted octanol–water partition coefficient (Wildman–Crippen LogP) is 4.05. The van der Waals surface area contributed by atoms with E-state index >= 15 is 0 Å². The summed E-state index contributed by atoms with van der Waals surface area (Å²) >= 11 is 0. The normalized spacial score (nSPS) is 19.2. The lowest BCUT2D eigenvalue weighted by molar-refractivity contribution is 0.0749. The summed E-state index contributed by atoms with van der Waals surface area (Å²) in [5, 5.41) is 12.0. The number of rotatable bonds is 1. The summed E-state index contributed by atoms with van der Waals surface area (Å²) in [6.45, 7) is 8.33. The van der Waals surface area contributed by atoms with E-state index in [1.165, 1.54) is 16.5 Å². The maximum absolute atomic E-state index is 11.6. The highest BCUT2D eigenvalue weighted by atomic mass is 16.4. The smallest absolute Gasteiger partial charge is 0.407 e. The summed E-state index contributed by atoms with van der Waals surface area (Å²) in [4.78, 5) is 15.5. The van der Waals surface area contributed by atoms with Crippen LogP contribution in [0.5, 0.6) is 0 Å². The Balaban J connectivity index is 1.96. The first-order valence-electron chi connectivity index (χ1n) is 8.10. The molecule has 0 aliphatic carbocycles. The zero-order chi connectivity index (χ0) is 16.6. The molecule has 4 nitrogen and oxygen atoms in total. The van der Waals surface area contributed by atoms with Crippen LogP contribution in [0.3, 0.4) is 0 Å². The van der Waals surface area contributed by atoms with Crippen molar-refractivity contribution in [2.45, 2.75) is 26.8 Å². The van der Waals surface area contributed by atoms with E-state index in [2.05, 4.69) is 62.1 Å². The third kappa shape index (κ3) is 2.98. The molecule has 0 bridgehead atoms. The first-order chi connectivity index (χ1) is 10.9. The molecular formula is C19H24N2O2. The molecule has 0 radical (unpaired) electrons. The van der Waals surface area contributed by atoms with Crippen molar-refractivity contribution >= 4 is 22.6 Å². The maximum atomic E-state index is 11.6. The number of benzene rings is 2. The Kier molecular flexibility index (Phi) is 3.92. The molecule has 122 valence electrons. The van der Waals surface area contributed by atoms with Crippen molar-refractivity contribution < 1.29 is 9.90 Å². The van der Waals surface area contributed by atoms with Gasteiger partial charge in [0.2, 0.25) is 0 Å². The number of carbonyl (C=O) groups is 1. The highest BCUT2D eigenvalue weighted by Crippen LogP contribution is 2.33. The van der Waals surface area contributed by atoms with Crippen molar-refractivity contribution in [2.75, 3.05) is 24.5 Å². The van der Waals surface area contributed by atoms with Gasteiger partial charge in [0.05, 0.1) is 6.04 Å². The van der Waals surface area contributed by atoms with Gasteiger partial charge in [-0.1, -0.05) is 57.2 Å². The Hall–Kier alpha value is -2.23. The lowest BCUT2D eigenvalue weighted by atomic mass is 9.84. The molecule has 2 aromatic carbocycles. The van der Waals surface area contributed by atoms with Crippen molar-refractivity contribution in [3.05, 3.63) is 42.5 Å². The van der Waals surface area contributed by atoms with Gasteiger partial charge in [0.15, 0.2) is 0 Å². The summed E-state index contributed by atoms with van der Waals surface area (Å²) in [5.74, 6) is 0. The Morgan fingerprint density at radius 1 is 1.09 bits per heavy atom. The van der Waals surface area contributed by atoms with Crippen LogP contribution in [0.15, 0.2) is 42.5 Å². The van der Waals surface area contributed by atoms with Crippen LogP contribution < -0.4 is 4.90 Å². The van der Waals surface area contributed by atoms with Crippen molar-refractivity contribution in [3.63, 3.8) is 0 Å². The molecule has 1 amide bonds. The monoisotopic (exact) mass is 312 g/mol. The lowest BCUT2D eigenvalue weighted by Crippen LogP contribution is -2.59. The zero-order valence-electron chi connectivity index (χ0n) is 14.0. The molecule has 3 rings (SSSR count). The summed E-state index contributed by atoms with van der Waals surface area (Å²) in [7, 11) is 0. The molecule has 1 aliphatic rings. The van der Waals surface area contributed by atoms with Crippen molar-refractivity contribution in [3.8, 4) is 0 Å². The summed E-state index contributed by atoms with van der Waals surface area (Å²) in [5.41, 5.74) is 1.10. The molecule has 23 heavy (non-hydrogen) atoms. The van der Waals surface area contributed by atoms with E-state index in [9.17, 15) is 9.90 Å². The summed E-state index contributed by atoms with van der Waals surface area (Å²) < 4.78 is 0. The second kappa shape index (κ2) is 5.76. The molecule has 1 N–H and O–H groups in total. The van der Waals surface area contributed by atoms with Gasteiger partial charge in [-0.15, -0.1) is 0 Å². The Morgan fingerprint density at radius 3 is 2.48 bits per heavy atom. The van der Waals surface area contributed by atoms with Crippen LogP contribution in [0.2, 0.25) is 0 Å². The van der Waals surface area contributed by atoms with E-state index in [1.54, 1.807) is 4.90 Å². The number of nitrogens with zero attached hydrogens (tertiary/aromatic N) is 2. The summed E-state index contributed by atoms with van der Waals surface area (Å²) in [6, 6.07) is 14.7. The van der Waals surface area contributed by atoms with Gasteiger partial charge < -0.3 is 14.9 Å². The number of amides is 1. The van der Waals surface area contributed by atoms with E-state index in [-0.39, 0.29) is 11.5 Å². The van der Waals surface area contributed by atoms with E-state index in [0.29, 0.717) is 6.54 Å². The highest BCUT2D eigenvalue weighted by Gasteiger charge is 2.38. The molecule has 2 aromatic rings. The van der Waals surface area contributed by atoms with E-state index in [4.69, 9.17) is 0 Å². The minimum absolute atomic E-state index is 0.0206. The number of piperazine rings is 1. The largest absolute Gasteiger partial charge is 0.465 e. The fourth-order valence-electron chi connectivity index (χ4n) is 3.46. The molecule has 0 saturated carbocycles. The molecule has 1 saturated heterocycles. The zero-order valence-corrected chi connectivity index (χ0v) is 14.0. The second-order valence-electron chi connectivity index (χ2n) is 7.30. The van der Waals surface area contributed by atoms with Crippen LogP contribution in [-0.2, 0) is 0 Å². The molecule has 1 fully saturated rings. The van der Waals surface area contributed by atoms with Gasteiger partial charge in [0.25, 0.3) is 0 Å². The molecule has 4 heteroatoms. The van der Waals surface area contributed by atoms with Crippen molar-refractivity contribution in [2.24, 2.45) is 5.41 Å².